The lowest BCUT2D eigenvalue weighted by Crippen LogP contribution is -2.41. The number of nitrogens with zero attached hydrogens (tertiary/aromatic N) is 3. The van der Waals surface area contributed by atoms with Gasteiger partial charge in [0.25, 0.3) is 0 Å². The van der Waals surface area contributed by atoms with Crippen LogP contribution in [-0.2, 0) is 17.9 Å². The predicted molar refractivity (Wildman–Crippen MR) is 118 cm³/mol. The van der Waals surface area contributed by atoms with E-state index < -0.39 is 0 Å². The summed E-state index contributed by atoms with van der Waals surface area (Å²) in [4.78, 5) is 12.4. The number of methoxy groups -OCH3 is 1. The van der Waals surface area contributed by atoms with E-state index >= 15 is 0 Å². The van der Waals surface area contributed by atoms with E-state index in [4.69, 9.17) is 9.47 Å². The predicted octanol–water partition coefficient (Wildman–Crippen LogP) is 3.98. The van der Waals surface area contributed by atoms with Crippen molar-refractivity contribution < 1.29 is 14.3 Å². The number of amides is 1. The summed E-state index contributed by atoms with van der Waals surface area (Å²) in [7, 11) is 1.63. The molecule has 0 aliphatic heterocycles. The summed E-state index contributed by atoms with van der Waals surface area (Å²) in [6.45, 7) is 7.26. The van der Waals surface area contributed by atoms with Gasteiger partial charge in [-0.2, -0.15) is 0 Å². The van der Waals surface area contributed by atoms with Crippen LogP contribution in [0.1, 0.15) is 50.9 Å². The molecular weight excluding hydrogens is 400 g/mol. The molecule has 30 heavy (non-hydrogen) atoms. The standard InChI is InChI=1S/C22H32N4O3S/c1-5-26-20(13-29-18-11-10-15(2)12-19(18)28-4)24-25-22(26)30-14-21(27)23-17-9-7-6-8-16(17)3/h10-12,16-17H,5-9,13-14H2,1-4H3,(H,23,27)/t16-,17+/m0/s1. The van der Waals surface area contributed by atoms with Gasteiger partial charge in [0.1, 0.15) is 6.61 Å². The Hall–Kier alpha value is -2.22. The fourth-order valence-corrected chi connectivity index (χ4v) is 4.63. The molecule has 164 valence electrons. The number of nitrogens with one attached hydrogen (secondary N) is 1. The molecule has 0 radical (unpaired) electrons. The number of ether oxygens (including phenoxy) is 2. The van der Waals surface area contributed by atoms with Crippen molar-refractivity contribution in [2.45, 2.75) is 70.8 Å². The lowest BCUT2D eigenvalue weighted by atomic mass is 9.86. The highest BCUT2D eigenvalue weighted by Gasteiger charge is 2.23. The Morgan fingerprint density at radius 2 is 2.07 bits per heavy atom. The molecule has 3 rings (SSSR count). The van der Waals surface area contributed by atoms with Gasteiger partial charge in [-0.3, -0.25) is 4.79 Å². The second kappa shape index (κ2) is 10.7. The van der Waals surface area contributed by atoms with E-state index in [1.54, 1.807) is 7.11 Å². The smallest absolute Gasteiger partial charge is 0.230 e. The van der Waals surface area contributed by atoms with Gasteiger partial charge in [-0.1, -0.05) is 37.6 Å². The third-order valence-corrected chi connectivity index (χ3v) is 6.54. The van der Waals surface area contributed by atoms with E-state index in [-0.39, 0.29) is 12.5 Å². The van der Waals surface area contributed by atoms with Crippen LogP contribution >= 0.6 is 11.8 Å². The largest absolute Gasteiger partial charge is 0.493 e. The van der Waals surface area contributed by atoms with E-state index in [9.17, 15) is 4.79 Å². The number of thioether (sulfide) groups is 1. The molecule has 1 aromatic carbocycles. The van der Waals surface area contributed by atoms with Crippen molar-refractivity contribution in [3.05, 3.63) is 29.6 Å². The summed E-state index contributed by atoms with van der Waals surface area (Å²) in [5.41, 5.74) is 1.11. The van der Waals surface area contributed by atoms with E-state index in [1.165, 1.54) is 31.0 Å². The monoisotopic (exact) mass is 432 g/mol. The Kier molecular flexibility index (Phi) is 8.01. The molecule has 1 aromatic heterocycles. The second-order valence-electron chi connectivity index (χ2n) is 7.81. The Balaban J connectivity index is 1.57. The SMILES string of the molecule is CCn1c(COc2ccc(C)cc2OC)nnc1SCC(=O)N[C@@H]1CCCC[C@@H]1C. The highest BCUT2D eigenvalue weighted by molar-refractivity contribution is 7.99. The first-order chi connectivity index (χ1) is 14.5. The van der Waals surface area contributed by atoms with Crippen LogP contribution in [0.15, 0.2) is 23.4 Å². The maximum atomic E-state index is 12.4. The minimum atomic E-state index is 0.0617. The molecule has 0 unspecified atom stereocenters. The molecule has 2 atom stereocenters. The summed E-state index contributed by atoms with van der Waals surface area (Å²) < 4.78 is 13.3. The van der Waals surface area contributed by atoms with E-state index in [0.29, 0.717) is 35.8 Å². The van der Waals surface area contributed by atoms with Gasteiger partial charge in [-0.25, -0.2) is 0 Å². The van der Waals surface area contributed by atoms with Crippen LogP contribution in [0.3, 0.4) is 0 Å². The number of hydrogen-bond acceptors (Lipinski definition) is 6. The van der Waals surface area contributed by atoms with Gasteiger partial charge in [0.15, 0.2) is 22.5 Å². The highest BCUT2D eigenvalue weighted by atomic mass is 32.2. The van der Waals surface area contributed by atoms with E-state index in [1.807, 2.05) is 36.6 Å². The van der Waals surface area contributed by atoms with Crippen molar-refractivity contribution in [2.24, 2.45) is 5.92 Å². The Morgan fingerprint density at radius 3 is 2.80 bits per heavy atom. The Morgan fingerprint density at radius 1 is 1.27 bits per heavy atom. The summed E-state index contributed by atoms with van der Waals surface area (Å²) in [6, 6.07) is 6.11. The Labute approximate surface area is 182 Å². The average Bonchev–Trinajstić information content (AvgIpc) is 3.14. The lowest BCUT2D eigenvalue weighted by molar-refractivity contribution is -0.119. The van der Waals surface area contributed by atoms with E-state index in [2.05, 4.69) is 22.4 Å². The fourth-order valence-electron chi connectivity index (χ4n) is 3.80. The zero-order chi connectivity index (χ0) is 21.5. The Bertz CT molecular complexity index is 855. The van der Waals surface area contributed by atoms with Crippen LogP contribution in [0.25, 0.3) is 0 Å². The molecule has 0 bridgehead atoms. The second-order valence-corrected chi connectivity index (χ2v) is 8.75. The summed E-state index contributed by atoms with van der Waals surface area (Å²) in [6.07, 6.45) is 4.73. The van der Waals surface area contributed by atoms with E-state index in [0.717, 1.165) is 23.0 Å². The van der Waals surface area contributed by atoms with Crippen LogP contribution in [0, 0.1) is 12.8 Å². The van der Waals surface area contributed by atoms with Gasteiger partial charge < -0.3 is 19.4 Å². The summed E-state index contributed by atoms with van der Waals surface area (Å²) >= 11 is 1.42. The summed E-state index contributed by atoms with van der Waals surface area (Å²) in [5.74, 6) is 3.04. The van der Waals surface area contributed by atoms with Crippen LogP contribution in [0.5, 0.6) is 11.5 Å². The average molecular weight is 433 g/mol. The molecular formula is C22H32N4O3S. The maximum absolute atomic E-state index is 12.4. The lowest BCUT2D eigenvalue weighted by Gasteiger charge is -2.29. The van der Waals surface area contributed by atoms with Crippen molar-refractivity contribution in [2.75, 3.05) is 12.9 Å². The molecule has 1 fully saturated rings. The molecule has 1 heterocycles. The molecule has 1 saturated carbocycles. The third kappa shape index (κ3) is 5.68. The van der Waals surface area contributed by atoms with Crippen molar-refractivity contribution >= 4 is 17.7 Å². The number of carbonyl (C=O) groups is 1. The first kappa shape index (κ1) is 22.5. The molecule has 8 heteroatoms. The number of aryl methyl sites for hydroxylation is 1. The molecule has 2 aromatic rings. The topological polar surface area (TPSA) is 78.3 Å². The normalized spacial score (nSPS) is 18.8. The number of benzene rings is 1. The molecule has 7 nitrogen and oxygen atoms in total. The van der Waals surface area contributed by atoms with Gasteiger partial charge in [0.2, 0.25) is 5.91 Å². The van der Waals surface area contributed by atoms with Crippen molar-refractivity contribution in [3.8, 4) is 11.5 Å². The van der Waals surface area contributed by atoms with Crippen molar-refractivity contribution in [1.29, 1.82) is 0 Å². The fraction of sp³-hybridized carbons (Fsp3) is 0.591. The zero-order valence-electron chi connectivity index (χ0n) is 18.3. The molecule has 0 saturated heterocycles. The van der Waals surface area contributed by atoms with Gasteiger partial charge in [-0.05, 0) is 50.3 Å². The minimum absolute atomic E-state index is 0.0617. The van der Waals surface area contributed by atoms with Gasteiger partial charge in [0.05, 0.1) is 12.9 Å². The minimum Gasteiger partial charge on any atom is -0.493 e. The molecule has 1 aliphatic rings. The van der Waals surface area contributed by atoms with Crippen LogP contribution in [-0.4, -0.2) is 39.6 Å². The molecule has 1 aliphatic carbocycles. The molecule has 1 N–H and O–H groups in total. The summed E-state index contributed by atoms with van der Waals surface area (Å²) in [5, 5.41) is 12.5. The third-order valence-electron chi connectivity index (χ3n) is 5.58. The van der Waals surface area contributed by atoms with Crippen molar-refractivity contribution in [3.63, 3.8) is 0 Å². The quantitative estimate of drug-likeness (QED) is 0.604. The highest BCUT2D eigenvalue weighted by Crippen LogP contribution is 2.29. The van der Waals surface area contributed by atoms with Gasteiger partial charge >= 0.3 is 0 Å². The number of aromatic nitrogens is 3. The molecule has 0 spiro atoms. The zero-order valence-corrected chi connectivity index (χ0v) is 19.1. The van der Waals surface area contributed by atoms with Gasteiger partial charge in [0, 0.05) is 12.6 Å². The maximum Gasteiger partial charge on any atom is 0.230 e. The van der Waals surface area contributed by atoms with Crippen LogP contribution < -0.4 is 14.8 Å². The number of carbonyl (C=O) groups excluding carboxylic acids is 1. The van der Waals surface area contributed by atoms with Gasteiger partial charge in [-0.15, -0.1) is 10.2 Å². The first-order valence-corrected chi connectivity index (χ1v) is 11.6. The van der Waals surface area contributed by atoms with Crippen molar-refractivity contribution in [1.82, 2.24) is 20.1 Å². The number of hydrogen-bond donors (Lipinski definition) is 1. The number of rotatable bonds is 9. The van der Waals surface area contributed by atoms with Crippen LogP contribution in [0.4, 0.5) is 0 Å². The van der Waals surface area contributed by atoms with Crippen LogP contribution in [0.2, 0.25) is 0 Å². The molecule has 1 amide bonds. The first-order valence-electron chi connectivity index (χ1n) is 10.6.